The zero-order valence-electron chi connectivity index (χ0n) is 51.7. The van der Waals surface area contributed by atoms with Gasteiger partial charge in [-0.3, -0.25) is 0 Å². The number of hydrogen-bond donors (Lipinski definition) is 0. The zero-order chi connectivity index (χ0) is 62.1. The summed E-state index contributed by atoms with van der Waals surface area (Å²) < 4.78 is 57.9. The first kappa shape index (κ1) is 62.9. The average molecular weight is 1160 g/mol. The van der Waals surface area contributed by atoms with Crippen molar-refractivity contribution in [1.29, 1.82) is 0 Å². The Labute approximate surface area is 519 Å². The normalized spacial score (nSPS) is 10.7. The molecule has 0 saturated heterocycles. The quantitative estimate of drug-likeness (QED) is 0.107. The number of benzene rings is 12. The van der Waals surface area contributed by atoms with E-state index in [0.717, 1.165) is 92.4 Å². The summed E-state index contributed by atoms with van der Waals surface area (Å²) in [5.74, 6) is -0.719. The second-order valence-electron chi connectivity index (χ2n) is 22.4. The summed E-state index contributed by atoms with van der Waals surface area (Å²) >= 11 is 0. The Morgan fingerprint density at radius 3 is 0.477 bits per heavy atom. The van der Waals surface area contributed by atoms with Gasteiger partial charge in [0.05, 0.1) is 0 Å². The van der Waals surface area contributed by atoms with Crippen molar-refractivity contribution in [3.63, 3.8) is 0 Å². The van der Waals surface area contributed by atoms with Crippen LogP contribution in [0.4, 0.5) is 17.6 Å². The highest BCUT2D eigenvalue weighted by Crippen LogP contribution is 2.33. The third-order valence-corrected chi connectivity index (χ3v) is 16.1. The molecular weight excluding hydrogens is 1080 g/mol. The summed E-state index contributed by atoms with van der Waals surface area (Å²) in [5.41, 5.74) is 24.0. The second kappa shape index (κ2) is 30.1. The Hall–Kier alpha value is -9.64. The SMILES string of the molecule is CCc1ccc(-c2ccc(-c3ccc(C)cc3)c(F)c2)cc1.CCc1ccc(-c2ccc(-c3ccc(C)cc3)c(F)c2)cc1.CCc1ccc(-c2ccc(-c3ccc(C)cc3)c(F)c2)cc1.CCc1ccc(-c2ccc(-c3ccc(C)cc3)c(F)c2)cc1. The molecule has 0 N–H and O–H groups in total. The summed E-state index contributed by atoms with van der Waals surface area (Å²) in [7, 11) is 0. The molecule has 0 amide bonds. The van der Waals surface area contributed by atoms with Gasteiger partial charge in [0.2, 0.25) is 0 Å². The van der Waals surface area contributed by atoms with Gasteiger partial charge in [0.15, 0.2) is 0 Å². The monoisotopic (exact) mass is 1160 g/mol. The number of halogens is 4. The topological polar surface area (TPSA) is 0 Å². The molecule has 0 radical (unpaired) electrons. The molecular formula is C84H76F4. The number of rotatable bonds is 12. The maximum absolute atomic E-state index is 14.5. The molecule has 12 aromatic carbocycles. The summed E-state index contributed by atoms with van der Waals surface area (Å²) in [6.45, 7) is 16.6. The molecule has 0 atom stereocenters. The van der Waals surface area contributed by atoms with Crippen molar-refractivity contribution in [2.45, 2.75) is 81.1 Å². The van der Waals surface area contributed by atoms with Crippen LogP contribution in [0.2, 0.25) is 0 Å². The molecule has 0 aromatic heterocycles. The highest BCUT2D eigenvalue weighted by atomic mass is 19.1. The molecule has 0 spiro atoms. The fourth-order valence-corrected chi connectivity index (χ4v) is 10.4. The van der Waals surface area contributed by atoms with Crippen LogP contribution < -0.4 is 0 Å². The highest BCUT2D eigenvalue weighted by molar-refractivity contribution is 5.75. The standard InChI is InChI=1S/4C21H19F/c4*1-3-16-6-10-17(11-7-16)19-12-13-20(21(22)14-19)18-8-4-15(2)5-9-18/h4*4-14H,3H2,1-2H3. The first-order valence-electron chi connectivity index (χ1n) is 30.5. The molecule has 88 heavy (non-hydrogen) atoms. The minimum absolute atomic E-state index is 0.180. The molecule has 0 bridgehead atoms. The van der Waals surface area contributed by atoms with Gasteiger partial charge in [-0.1, -0.05) is 293 Å². The zero-order valence-corrected chi connectivity index (χ0v) is 51.7. The molecule has 0 nitrogen and oxygen atoms in total. The van der Waals surface area contributed by atoms with Gasteiger partial charge in [-0.2, -0.15) is 0 Å². The van der Waals surface area contributed by atoms with Crippen LogP contribution in [0.25, 0.3) is 89.0 Å². The van der Waals surface area contributed by atoms with Gasteiger partial charge < -0.3 is 0 Å². The van der Waals surface area contributed by atoms with Crippen molar-refractivity contribution in [3.8, 4) is 89.0 Å². The third kappa shape index (κ3) is 16.5. The van der Waals surface area contributed by atoms with E-state index in [4.69, 9.17) is 0 Å². The van der Waals surface area contributed by atoms with Crippen LogP contribution in [0.3, 0.4) is 0 Å². The van der Waals surface area contributed by atoms with Crippen molar-refractivity contribution in [2.75, 3.05) is 0 Å². The molecule has 12 aromatic rings. The van der Waals surface area contributed by atoms with Crippen LogP contribution in [0.15, 0.2) is 267 Å². The molecule has 0 unspecified atom stereocenters. The first-order chi connectivity index (χ1) is 42.7. The fraction of sp³-hybridized carbons (Fsp3) is 0.143. The van der Waals surface area contributed by atoms with Crippen LogP contribution in [-0.2, 0) is 25.7 Å². The minimum Gasteiger partial charge on any atom is -0.206 e. The first-order valence-corrected chi connectivity index (χ1v) is 30.5. The summed E-state index contributed by atoms with van der Waals surface area (Å²) in [4.78, 5) is 0. The molecule has 440 valence electrons. The molecule has 0 fully saturated rings. The Morgan fingerprint density at radius 1 is 0.182 bits per heavy atom. The van der Waals surface area contributed by atoms with Gasteiger partial charge in [0.25, 0.3) is 0 Å². The lowest BCUT2D eigenvalue weighted by molar-refractivity contribution is 0.631. The van der Waals surface area contributed by atoms with Gasteiger partial charge in [-0.15, -0.1) is 0 Å². The van der Waals surface area contributed by atoms with Crippen molar-refractivity contribution in [1.82, 2.24) is 0 Å². The van der Waals surface area contributed by atoms with E-state index in [1.54, 1.807) is 24.3 Å². The molecule has 0 aliphatic heterocycles. The lowest BCUT2D eigenvalue weighted by atomic mass is 9.98. The van der Waals surface area contributed by atoms with E-state index in [9.17, 15) is 17.6 Å². The van der Waals surface area contributed by atoms with Crippen LogP contribution in [0, 0.1) is 51.0 Å². The predicted molar refractivity (Wildman–Crippen MR) is 366 cm³/mol. The minimum atomic E-state index is -0.180. The van der Waals surface area contributed by atoms with Crippen molar-refractivity contribution in [2.24, 2.45) is 0 Å². The maximum Gasteiger partial charge on any atom is 0.131 e. The lowest BCUT2D eigenvalue weighted by Crippen LogP contribution is -1.87. The fourth-order valence-electron chi connectivity index (χ4n) is 10.4. The lowest BCUT2D eigenvalue weighted by Gasteiger charge is -2.08. The van der Waals surface area contributed by atoms with E-state index in [0.29, 0.717) is 22.3 Å². The van der Waals surface area contributed by atoms with Gasteiger partial charge in [0, 0.05) is 22.3 Å². The Kier molecular flexibility index (Phi) is 21.5. The second-order valence-corrected chi connectivity index (χ2v) is 22.4. The molecule has 0 saturated carbocycles. The van der Waals surface area contributed by atoms with E-state index < -0.39 is 0 Å². The van der Waals surface area contributed by atoms with Crippen LogP contribution in [-0.4, -0.2) is 0 Å². The van der Waals surface area contributed by atoms with E-state index in [2.05, 4.69) is 125 Å². The van der Waals surface area contributed by atoms with Gasteiger partial charge in [-0.05, 0) is 167 Å². The predicted octanol–water partition coefficient (Wildman–Crippen LogP) is 24.1. The van der Waals surface area contributed by atoms with Gasteiger partial charge >= 0.3 is 0 Å². The van der Waals surface area contributed by atoms with Crippen molar-refractivity contribution in [3.05, 3.63) is 335 Å². The van der Waals surface area contributed by atoms with E-state index in [1.165, 1.54) is 44.5 Å². The van der Waals surface area contributed by atoms with Gasteiger partial charge in [0.1, 0.15) is 23.3 Å². The maximum atomic E-state index is 14.5. The largest absolute Gasteiger partial charge is 0.206 e. The van der Waals surface area contributed by atoms with Crippen molar-refractivity contribution >= 4 is 0 Å². The molecule has 0 aliphatic rings. The van der Waals surface area contributed by atoms with E-state index >= 15 is 0 Å². The van der Waals surface area contributed by atoms with Crippen LogP contribution in [0.5, 0.6) is 0 Å². The van der Waals surface area contributed by atoms with Crippen LogP contribution >= 0.6 is 0 Å². The number of hydrogen-bond acceptors (Lipinski definition) is 0. The highest BCUT2D eigenvalue weighted by Gasteiger charge is 2.12. The molecule has 0 aliphatic carbocycles. The third-order valence-electron chi connectivity index (χ3n) is 16.1. The summed E-state index contributed by atoms with van der Waals surface area (Å²) in [5, 5.41) is 0. The average Bonchev–Trinajstić information content (AvgIpc) is 3.73. The van der Waals surface area contributed by atoms with Gasteiger partial charge in [-0.25, -0.2) is 17.6 Å². The Bertz CT molecular complexity index is 3630. The Balaban J connectivity index is 0.000000140. The smallest absolute Gasteiger partial charge is 0.131 e. The summed E-state index contributed by atoms with van der Waals surface area (Å²) in [6.07, 6.45) is 4.06. The number of aryl methyl sites for hydroxylation is 8. The molecule has 12 rings (SSSR count). The van der Waals surface area contributed by atoms with E-state index in [1.807, 2.05) is 173 Å². The molecule has 4 heteroatoms. The van der Waals surface area contributed by atoms with Crippen molar-refractivity contribution < 1.29 is 17.6 Å². The van der Waals surface area contributed by atoms with Crippen LogP contribution in [0.1, 0.15) is 72.2 Å². The summed E-state index contributed by atoms with van der Waals surface area (Å²) in [6, 6.07) is 86.9. The Morgan fingerprint density at radius 2 is 0.330 bits per heavy atom. The van der Waals surface area contributed by atoms with E-state index in [-0.39, 0.29) is 23.3 Å². The molecule has 0 heterocycles.